The fraction of sp³-hybridized carbons (Fsp3) is 0.444. The van der Waals surface area contributed by atoms with E-state index in [1.54, 1.807) is 0 Å². The lowest BCUT2D eigenvalue weighted by molar-refractivity contribution is 0.0961. The Morgan fingerprint density at radius 2 is 2.18 bits per heavy atom. The highest BCUT2D eigenvalue weighted by Crippen LogP contribution is 2.06. The maximum atomic E-state index is 11.7. The maximum Gasteiger partial charge on any atom is 0.258 e. The average molecular weight is 261 g/mol. The van der Waals surface area contributed by atoms with Gasteiger partial charge >= 0.3 is 0 Å². The minimum absolute atomic E-state index is 0.0890. The first kappa shape index (κ1) is 13.8. The van der Waals surface area contributed by atoms with Crippen molar-refractivity contribution in [2.75, 3.05) is 32.1 Å². The van der Waals surface area contributed by atoms with Crippen molar-refractivity contribution in [1.82, 2.24) is 9.71 Å². The molecule has 0 saturated carbocycles. The SMILES string of the molecule is Nc1ccc(S(=O)(=O)NCCOCCO)nc1. The van der Waals surface area contributed by atoms with E-state index < -0.39 is 10.0 Å². The zero-order chi connectivity index (χ0) is 12.7. The molecule has 0 aliphatic rings. The lowest BCUT2D eigenvalue weighted by atomic mass is 10.4. The van der Waals surface area contributed by atoms with E-state index in [0.29, 0.717) is 5.69 Å². The quantitative estimate of drug-likeness (QED) is 0.540. The molecule has 0 atom stereocenters. The number of aliphatic hydroxyl groups is 1. The number of nitrogen functional groups attached to an aromatic ring is 1. The number of aliphatic hydroxyl groups excluding tert-OH is 1. The molecule has 0 unspecified atom stereocenters. The van der Waals surface area contributed by atoms with Crippen LogP contribution in [0.5, 0.6) is 0 Å². The Bertz CT molecular complexity index is 432. The second kappa shape index (κ2) is 6.50. The van der Waals surface area contributed by atoms with Crippen LogP contribution in [0.4, 0.5) is 5.69 Å². The molecule has 4 N–H and O–H groups in total. The van der Waals surface area contributed by atoms with E-state index in [4.69, 9.17) is 15.6 Å². The third kappa shape index (κ3) is 4.65. The summed E-state index contributed by atoms with van der Waals surface area (Å²) in [4.78, 5) is 3.71. The molecule has 96 valence electrons. The van der Waals surface area contributed by atoms with Crippen LogP contribution in [0.2, 0.25) is 0 Å². The Balaban J connectivity index is 2.48. The topological polar surface area (TPSA) is 115 Å². The molecule has 0 amide bonds. The van der Waals surface area contributed by atoms with E-state index in [2.05, 4.69) is 9.71 Å². The van der Waals surface area contributed by atoms with Gasteiger partial charge in [0.25, 0.3) is 10.0 Å². The Kier molecular flexibility index (Phi) is 5.29. The van der Waals surface area contributed by atoms with E-state index in [1.807, 2.05) is 0 Å². The van der Waals surface area contributed by atoms with Gasteiger partial charge in [0, 0.05) is 6.54 Å². The number of rotatable bonds is 7. The van der Waals surface area contributed by atoms with Crippen LogP contribution in [0.25, 0.3) is 0 Å². The summed E-state index contributed by atoms with van der Waals surface area (Å²) in [6.07, 6.45) is 1.27. The van der Waals surface area contributed by atoms with Crippen LogP contribution in [0.3, 0.4) is 0 Å². The lowest BCUT2D eigenvalue weighted by Crippen LogP contribution is -2.28. The van der Waals surface area contributed by atoms with Gasteiger partial charge in [-0.15, -0.1) is 0 Å². The molecule has 0 aromatic carbocycles. The summed E-state index contributed by atoms with van der Waals surface area (Å²) >= 11 is 0. The highest BCUT2D eigenvalue weighted by molar-refractivity contribution is 7.89. The van der Waals surface area contributed by atoms with Gasteiger partial charge in [0.15, 0.2) is 5.03 Å². The van der Waals surface area contributed by atoms with Gasteiger partial charge in [-0.1, -0.05) is 0 Å². The van der Waals surface area contributed by atoms with Gasteiger partial charge in [-0.25, -0.2) is 18.1 Å². The van der Waals surface area contributed by atoms with Crippen molar-refractivity contribution in [2.24, 2.45) is 0 Å². The summed E-state index contributed by atoms with van der Waals surface area (Å²) in [5.41, 5.74) is 5.80. The zero-order valence-electron chi connectivity index (χ0n) is 9.17. The number of sulfonamides is 1. The van der Waals surface area contributed by atoms with Crippen molar-refractivity contribution >= 4 is 15.7 Å². The molecule has 1 rings (SSSR count). The number of nitrogens with zero attached hydrogens (tertiary/aromatic N) is 1. The highest BCUT2D eigenvalue weighted by atomic mass is 32.2. The molecular formula is C9H15N3O4S. The standard InChI is InChI=1S/C9H15N3O4S/c10-8-1-2-9(11-7-8)17(14,15)12-3-5-16-6-4-13/h1-2,7,12-13H,3-6,10H2. The van der Waals surface area contributed by atoms with Crippen LogP contribution < -0.4 is 10.5 Å². The van der Waals surface area contributed by atoms with Gasteiger partial charge in [0.2, 0.25) is 0 Å². The van der Waals surface area contributed by atoms with Crippen LogP contribution in [-0.2, 0) is 14.8 Å². The average Bonchev–Trinajstić information content (AvgIpc) is 2.29. The van der Waals surface area contributed by atoms with E-state index in [-0.39, 0.29) is 31.4 Å². The largest absolute Gasteiger partial charge is 0.397 e. The predicted molar refractivity (Wildman–Crippen MR) is 61.7 cm³/mol. The molecule has 8 heteroatoms. The Labute approximate surface area is 99.7 Å². The monoisotopic (exact) mass is 261 g/mol. The maximum absolute atomic E-state index is 11.7. The minimum Gasteiger partial charge on any atom is -0.397 e. The Hall–Kier alpha value is -1.22. The summed E-state index contributed by atoms with van der Waals surface area (Å²) in [6.45, 7) is 0.400. The van der Waals surface area contributed by atoms with Crippen molar-refractivity contribution < 1.29 is 18.3 Å². The third-order valence-corrected chi connectivity index (χ3v) is 3.18. The van der Waals surface area contributed by atoms with Gasteiger partial charge in [-0.05, 0) is 12.1 Å². The number of nitrogens with one attached hydrogen (secondary N) is 1. The summed E-state index contributed by atoms with van der Waals surface area (Å²) in [7, 11) is -3.62. The first-order chi connectivity index (χ1) is 8.06. The molecule has 0 aliphatic carbocycles. The van der Waals surface area contributed by atoms with Crippen LogP contribution in [0.1, 0.15) is 0 Å². The molecule has 0 radical (unpaired) electrons. The fourth-order valence-corrected chi connectivity index (χ4v) is 1.98. The second-order valence-corrected chi connectivity index (χ2v) is 4.88. The van der Waals surface area contributed by atoms with E-state index in [9.17, 15) is 8.42 Å². The van der Waals surface area contributed by atoms with Crippen molar-refractivity contribution in [1.29, 1.82) is 0 Å². The summed E-state index contributed by atoms with van der Waals surface area (Å²) in [6, 6.07) is 2.79. The minimum atomic E-state index is -3.62. The van der Waals surface area contributed by atoms with Crippen LogP contribution in [-0.4, -0.2) is 44.9 Å². The molecule has 1 aromatic heterocycles. The molecule has 0 spiro atoms. The van der Waals surface area contributed by atoms with Crippen molar-refractivity contribution in [3.63, 3.8) is 0 Å². The summed E-state index contributed by atoms with van der Waals surface area (Å²) in [5.74, 6) is 0. The third-order valence-electron chi connectivity index (χ3n) is 1.81. The van der Waals surface area contributed by atoms with Gasteiger partial charge in [0.1, 0.15) is 0 Å². The Morgan fingerprint density at radius 3 is 2.76 bits per heavy atom. The van der Waals surface area contributed by atoms with Gasteiger partial charge in [-0.2, -0.15) is 0 Å². The molecule has 0 fully saturated rings. The molecule has 0 saturated heterocycles. The molecule has 1 aromatic rings. The number of hydrogen-bond acceptors (Lipinski definition) is 6. The smallest absolute Gasteiger partial charge is 0.258 e. The second-order valence-electron chi connectivity index (χ2n) is 3.16. The first-order valence-corrected chi connectivity index (χ1v) is 6.44. The summed E-state index contributed by atoms with van der Waals surface area (Å²) < 4.78 is 30.5. The van der Waals surface area contributed by atoms with E-state index in [1.165, 1.54) is 18.3 Å². The number of ether oxygens (including phenoxy) is 1. The normalized spacial score (nSPS) is 11.6. The van der Waals surface area contributed by atoms with Crippen LogP contribution in [0, 0.1) is 0 Å². The van der Waals surface area contributed by atoms with Crippen molar-refractivity contribution in [2.45, 2.75) is 5.03 Å². The van der Waals surface area contributed by atoms with Crippen molar-refractivity contribution in [3.8, 4) is 0 Å². The van der Waals surface area contributed by atoms with E-state index >= 15 is 0 Å². The van der Waals surface area contributed by atoms with Gasteiger partial charge in [0.05, 0.1) is 31.7 Å². The molecule has 17 heavy (non-hydrogen) atoms. The lowest BCUT2D eigenvalue weighted by Gasteiger charge is -2.06. The van der Waals surface area contributed by atoms with Gasteiger partial charge in [-0.3, -0.25) is 0 Å². The molecule has 1 heterocycles. The molecule has 0 aliphatic heterocycles. The van der Waals surface area contributed by atoms with Gasteiger partial charge < -0.3 is 15.6 Å². The molecular weight excluding hydrogens is 246 g/mol. The number of hydrogen-bond donors (Lipinski definition) is 3. The number of aromatic nitrogens is 1. The van der Waals surface area contributed by atoms with E-state index in [0.717, 1.165) is 0 Å². The van der Waals surface area contributed by atoms with Crippen LogP contribution in [0.15, 0.2) is 23.4 Å². The van der Waals surface area contributed by atoms with Crippen LogP contribution >= 0.6 is 0 Å². The Morgan fingerprint density at radius 1 is 1.41 bits per heavy atom. The fourth-order valence-electron chi connectivity index (χ4n) is 1.04. The first-order valence-electron chi connectivity index (χ1n) is 4.96. The number of anilines is 1. The number of nitrogens with two attached hydrogens (primary N) is 1. The number of pyridine rings is 1. The highest BCUT2D eigenvalue weighted by Gasteiger charge is 2.14. The summed E-state index contributed by atoms with van der Waals surface area (Å²) in [5, 5.41) is 8.35. The molecule has 0 bridgehead atoms. The molecule has 7 nitrogen and oxygen atoms in total. The predicted octanol–water partition coefficient (Wildman–Crippen LogP) is -1.05. The van der Waals surface area contributed by atoms with Crippen molar-refractivity contribution in [3.05, 3.63) is 18.3 Å². The zero-order valence-corrected chi connectivity index (χ0v) is 9.98.